The van der Waals surface area contributed by atoms with Gasteiger partial charge in [-0.05, 0) is 32.9 Å². The molecule has 0 aliphatic rings. The molecule has 0 spiro atoms. The molecule has 3 aromatic heterocycles. The summed E-state index contributed by atoms with van der Waals surface area (Å²) in [6.07, 6.45) is 0. The molecule has 0 atom stereocenters. The van der Waals surface area contributed by atoms with E-state index in [0.29, 0.717) is 0 Å². The zero-order valence-corrected chi connectivity index (χ0v) is 14.3. The first-order valence-electron chi connectivity index (χ1n) is 8.02. The molecule has 4 heteroatoms. The van der Waals surface area contributed by atoms with Crippen molar-refractivity contribution in [3.05, 3.63) is 59.6 Å². The van der Waals surface area contributed by atoms with Crippen LogP contribution in [0.4, 0.5) is 0 Å². The van der Waals surface area contributed by atoms with Gasteiger partial charge >= 0.3 is 0 Å². The van der Waals surface area contributed by atoms with Crippen LogP contribution in [0.5, 0.6) is 0 Å². The Hall–Kier alpha value is -2.88. The Balaban J connectivity index is 2.09. The fourth-order valence-electron chi connectivity index (χ4n) is 3.25. The molecule has 0 radical (unpaired) electrons. The van der Waals surface area contributed by atoms with Gasteiger partial charge in [0, 0.05) is 23.7 Å². The van der Waals surface area contributed by atoms with Crippen molar-refractivity contribution in [1.82, 2.24) is 14.7 Å². The van der Waals surface area contributed by atoms with E-state index >= 15 is 0 Å². The maximum atomic E-state index is 5.35. The summed E-state index contributed by atoms with van der Waals surface area (Å²) < 4.78 is 7.55. The van der Waals surface area contributed by atoms with Crippen LogP contribution in [0.2, 0.25) is 0 Å². The topological polar surface area (TPSA) is 43.9 Å². The van der Waals surface area contributed by atoms with Crippen LogP contribution < -0.4 is 0 Å². The van der Waals surface area contributed by atoms with Crippen molar-refractivity contribution in [3.63, 3.8) is 0 Å². The van der Waals surface area contributed by atoms with E-state index in [0.717, 1.165) is 44.9 Å². The van der Waals surface area contributed by atoms with Crippen LogP contribution in [0.1, 0.15) is 17.1 Å². The van der Waals surface area contributed by atoms with Crippen molar-refractivity contribution >= 4 is 10.9 Å². The highest BCUT2D eigenvalue weighted by Crippen LogP contribution is 2.34. The Morgan fingerprint density at radius 3 is 2.42 bits per heavy atom. The Kier molecular flexibility index (Phi) is 3.27. The van der Waals surface area contributed by atoms with Crippen molar-refractivity contribution in [2.45, 2.75) is 20.8 Å². The predicted molar refractivity (Wildman–Crippen MR) is 95.9 cm³/mol. The van der Waals surface area contributed by atoms with E-state index in [2.05, 4.69) is 48.0 Å². The van der Waals surface area contributed by atoms with Gasteiger partial charge in [0.15, 0.2) is 0 Å². The lowest BCUT2D eigenvalue weighted by molar-refractivity contribution is 0.393. The highest BCUT2D eigenvalue weighted by molar-refractivity contribution is 5.96. The Bertz CT molecular complexity index is 1020. The quantitative estimate of drug-likeness (QED) is 0.532. The first-order chi connectivity index (χ1) is 11.6. The van der Waals surface area contributed by atoms with Gasteiger partial charge in [0.1, 0.15) is 5.76 Å². The van der Waals surface area contributed by atoms with E-state index in [-0.39, 0.29) is 0 Å². The second-order valence-electron chi connectivity index (χ2n) is 6.20. The summed E-state index contributed by atoms with van der Waals surface area (Å²) in [5.74, 6) is 0.796. The molecule has 0 saturated carbocycles. The van der Waals surface area contributed by atoms with Crippen LogP contribution in [-0.2, 0) is 7.05 Å². The number of rotatable bonds is 2. The molecule has 3 heterocycles. The molecular formula is C20H19N3O. The minimum Gasteiger partial charge on any atom is -0.361 e. The van der Waals surface area contributed by atoms with E-state index in [1.54, 1.807) is 0 Å². The molecule has 1 aromatic carbocycles. The van der Waals surface area contributed by atoms with Crippen LogP contribution in [0, 0.1) is 20.8 Å². The fourth-order valence-corrected chi connectivity index (χ4v) is 3.25. The highest BCUT2D eigenvalue weighted by Gasteiger charge is 2.18. The molecule has 4 aromatic rings. The molecule has 0 saturated heterocycles. The SMILES string of the molecule is Cc1noc(C)c1-c1cc2c(cc(C)n2C)c(-c2ccccc2)n1. The second-order valence-corrected chi connectivity index (χ2v) is 6.20. The van der Waals surface area contributed by atoms with Crippen molar-refractivity contribution in [1.29, 1.82) is 0 Å². The molecule has 0 aliphatic heterocycles. The van der Waals surface area contributed by atoms with Crippen LogP contribution in [0.3, 0.4) is 0 Å². The third-order valence-corrected chi connectivity index (χ3v) is 4.62. The van der Waals surface area contributed by atoms with Gasteiger partial charge in [0.05, 0.1) is 28.2 Å². The number of fused-ring (bicyclic) bond motifs is 1. The summed E-state index contributed by atoms with van der Waals surface area (Å²) in [6, 6.07) is 14.6. The number of aromatic nitrogens is 3. The molecular weight excluding hydrogens is 298 g/mol. The maximum Gasteiger partial charge on any atom is 0.143 e. The van der Waals surface area contributed by atoms with Gasteiger partial charge < -0.3 is 9.09 Å². The van der Waals surface area contributed by atoms with Gasteiger partial charge in [-0.2, -0.15) is 0 Å². The van der Waals surface area contributed by atoms with Gasteiger partial charge in [-0.15, -0.1) is 0 Å². The van der Waals surface area contributed by atoms with Crippen molar-refractivity contribution < 1.29 is 4.52 Å². The lowest BCUT2D eigenvalue weighted by Crippen LogP contribution is -1.94. The molecule has 0 bridgehead atoms. The zero-order valence-electron chi connectivity index (χ0n) is 14.3. The smallest absolute Gasteiger partial charge is 0.143 e. The van der Waals surface area contributed by atoms with Crippen LogP contribution in [0.25, 0.3) is 33.4 Å². The average Bonchev–Trinajstić information content (AvgIpc) is 3.07. The van der Waals surface area contributed by atoms with Crippen LogP contribution in [0.15, 0.2) is 47.0 Å². The molecule has 4 nitrogen and oxygen atoms in total. The molecule has 0 aliphatic carbocycles. The lowest BCUT2D eigenvalue weighted by atomic mass is 10.0. The molecule has 0 unspecified atom stereocenters. The van der Waals surface area contributed by atoms with E-state index in [1.807, 2.05) is 32.0 Å². The van der Waals surface area contributed by atoms with Gasteiger partial charge in [0.2, 0.25) is 0 Å². The molecule has 24 heavy (non-hydrogen) atoms. The second kappa shape index (κ2) is 5.34. The summed E-state index contributed by atoms with van der Waals surface area (Å²) in [5.41, 5.74) is 7.22. The Morgan fingerprint density at radius 1 is 1.00 bits per heavy atom. The minimum absolute atomic E-state index is 0.796. The van der Waals surface area contributed by atoms with Crippen molar-refractivity contribution in [3.8, 4) is 22.5 Å². The summed E-state index contributed by atoms with van der Waals surface area (Å²) >= 11 is 0. The number of nitrogens with zero attached hydrogens (tertiary/aromatic N) is 3. The van der Waals surface area contributed by atoms with E-state index in [9.17, 15) is 0 Å². The predicted octanol–water partition coefficient (Wildman–Crippen LogP) is 4.82. The average molecular weight is 317 g/mol. The molecule has 0 fully saturated rings. The lowest BCUT2D eigenvalue weighted by Gasteiger charge is -2.08. The largest absolute Gasteiger partial charge is 0.361 e. The van der Waals surface area contributed by atoms with Crippen LogP contribution >= 0.6 is 0 Å². The normalized spacial score (nSPS) is 11.3. The Labute approximate surface area is 140 Å². The van der Waals surface area contributed by atoms with Gasteiger partial charge in [-0.1, -0.05) is 35.5 Å². The summed E-state index contributed by atoms with van der Waals surface area (Å²) in [6.45, 7) is 6.00. The third-order valence-electron chi connectivity index (χ3n) is 4.62. The first kappa shape index (κ1) is 14.7. The Morgan fingerprint density at radius 2 is 1.75 bits per heavy atom. The van der Waals surface area contributed by atoms with E-state index in [4.69, 9.17) is 9.51 Å². The first-order valence-corrected chi connectivity index (χ1v) is 8.02. The number of hydrogen-bond donors (Lipinski definition) is 0. The summed E-state index contributed by atoms with van der Waals surface area (Å²) in [7, 11) is 2.09. The summed E-state index contributed by atoms with van der Waals surface area (Å²) in [4.78, 5) is 4.98. The van der Waals surface area contributed by atoms with E-state index in [1.165, 1.54) is 5.69 Å². The van der Waals surface area contributed by atoms with Gasteiger partial charge in [-0.25, -0.2) is 4.98 Å². The number of hydrogen-bond acceptors (Lipinski definition) is 3. The molecule has 0 N–H and O–H groups in total. The highest BCUT2D eigenvalue weighted by atomic mass is 16.5. The monoisotopic (exact) mass is 317 g/mol. The van der Waals surface area contributed by atoms with Gasteiger partial charge in [-0.3, -0.25) is 0 Å². The van der Waals surface area contributed by atoms with E-state index < -0.39 is 0 Å². The fraction of sp³-hybridized carbons (Fsp3) is 0.200. The van der Waals surface area contributed by atoms with Crippen LogP contribution in [-0.4, -0.2) is 14.7 Å². The number of pyridine rings is 1. The van der Waals surface area contributed by atoms with Crippen molar-refractivity contribution in [2.75, 3.05) is 0 Å². The molecule has 4 rings (SSSR count). The van der Waals surface area contributed by atoms with Crippen molar-refractivity contribution in [2.24, 2.45) is 7.05 Å². The molecule has 120 valence electrons. The number of aryl methyl sites for hydroxylation is 4. The maximum absolute atomic E-state index is 5.35. The third kappa shape index (κ3) is 2.14. The standard InChI is InChI=1S/C20H19N3O/c1-12-10-16-18(23(12)4)11-17(19-13(2)22-24-14(19)3)21-20(16)15-8-6-5-7-9-15/h5-11H,1-4H3. The number of benzene rings is 1. The van der Waals surface area contributed by atoms with Gasteiger partial charge in [0.25, 0.3) is 0 Å². The molecule has 0 amide bonds. The minimum atomic E-state index is 0.796. The zero-order chi connectivity index (χ0) is 16.8. The summed E-state index contributed by atoms with van der Waals surface area (Å²) in [5, 5.41) is 5.24.